The Bertz CT molecular complexity index is 3380. The third-order valence-corrected chi connectivity index (χ3v) is 16.6. The van der Waals surface area contributed by atoms with Crippen molar-refractivity contribution in [1.82, 2.24) is 66.8 Å². The number of pyridine rings is 1. The van der Waals surface area contributed by atoms with E-state index in [9.17, 15) is 44.1 Å². The molecule has 1 aliphatic heterocycles. The number of rotatable bonds is 10. The van der Waals surface area contributed by atoms with Crippen LogP contribution >= 0.6 is 68.0 Å². The molecule has 0 saturated carbocycles. The lowest BCUT2D eigenvalue weighted by Gasteiger charge is -2.21. The molecule has 9 N–H and O–H groups in total. The highest BCUT2D eigenvalue weighted by Gasteiger charge is 2.32. The van der Waals surface area contributed by atoms with Gasteiger partial charge in [-0.2, -0.15) is 0 Å². The van der Waals surface area contributed by atoms with Crippen LogP contribution in [0.5, 0.6) is 0 Å². The molecule has 0 unspecified atom stereocenters. The Hall–Kier alpha value is -6.89. The van der Waals surface area contributed by atoms with Gasteiger partial charge < -0.3 is 47.2 Å². The molecule has 6 atom stereocenters. The van der Waals surface area contributed by atoms with Gasteiger partial charge in [0.05, 0.1) is 35.7 Å². The molecule has 0 radical (unpaired) electrons. The minimum Gasteiger partial charge on any atom is -0.392 e. The second-order valence-electron chi connectivity index (χ2n) is 17.4. The van der Waals surface area contributed by atoms with Crippen molar-refractivity contribution in [2.75, 3.05) is 6.54 Å². The van der Waals surface area contributed by atoms with Crippen molar-refractivity contribution >= 4 is 109 Å². The first-order chi connectivity index (χ1) is 36.3. The largest absolute Gasteiger partial charge is 0.392 e. The van der Waals surface area contributed by atoms with E-state index in [4.69, 9.17) is 15.0 Å². The maximum atomic E-state index is 13.9. The molecular formula is C48H49N13O9S6. The molecule has 0 fully saturated rings. The minimum atomic E-state index is -1.45. The third kappa shape index (κ3) is 12.5. The predicted octanol–water partition coefficient (Wildman–Crippen LogP) is 5.57. The average Bonchev–Trinajstić information content (AvgIpc) is 4.26. The van der Waals surface area contributed by atoms with Crippen LogP contribution in [0.25, 0.3) is 49.1 Å². The van der Waals surface area contributed by atoms with Gasteiger partial charge in [-0.25, -0.2) is 34.9 Å². The Kier molecular flexibility index (Phi) is 17.5. The number of hydrogen-bond acceptors (Lipinski definition) is 22. The lowest BCUT2D eigenvalue weighted by Crippen LogP contribution is -2.52. The van der Waals surface area contributed by atoms with Crippen LogP contribution in [-0.4, -0.2) is 117 Å². The van der Waals surface area contributed by atoms with Crippen LogP contribution in [0.3, 0.4) is 0 Å². The van der Waals surface area contributed by atoms with Gasteiger partial charge in [0, 0.05) is 44.4 Å². The van der Waals surface area contributed by atoms with Gasteiger partial charge in [0.25, 0.3) is 29.5 Å². The minimum absolute atomic E-state index is 0.00119. The van der Waals surface area contributed by atoms with Crippen molar-refractivity contribution in [2.45, 2.75) is 84.9 Å². The monoisotopic (exact) mass is 1140 g/mol. The van der Waals surface area contributed by atoms with Crippen molar-refractivity contribution in [2.24, 2.45) is 5.92 Å². The standard InChI is InChI=1S/C48H49N13O9S6/c1-8-24(37(65)49-12-20(5)62)51-38(66)28-15-73-46(56-28)32-18-74-45(58-32)26-11-10-23-36(50-26)27-13-75-48(53-27)35(22(7)64)61-41(69)31-17-76-47(57-31)33(19(3)4)59-39(67)30-16-72-44(55-30)25(9-2)52-42(70)34(21(6)63)60-40(68)29-14-71-43(23)54-29/h8-11,13-22,33-35,62-64H,12H2,1-7H3,(H,49,65)(H,51,66)(H,52,70)(H,59,67)(H,60,68)(H,61,69)/b24-8+,25-9-/t20-,21-,22-,33+,34+,35+/m1/s1. The third-order valence-electron chi connectivity index (χ3n) is 11.2. The van der Waals surface area contributed by atoms with Gasteiger partial charge in [0.2, 0.25) is 5.91 Å². The van der Waals surface area contributed by atoms with E-state index in [0.717, 1.165) is 34.0 Å². The van der Waals surface area contributed by atoms with Crippen molar-refractivity contribution in [1.29, 1.82) is 0 Å². The zero-order chi connectivity index (χ0) is 54.5. The number of allylic oxidation sites excluding steroid dienone is 2. The lowest BCUT2D eigenvalue weighted by molar-refractivity contribution is -0.124. The smallest absolute Gasteiger partial charge is 0.275 e. The summed E-state index contributed by atoms with van der Waals surface area (Å²) in [7, 11) is 0. The van der Waals surface area contributed by atoms with Crippen molar-refractivity contribution in [3.8, 4) is 43.4 Å². The molecular weight excluding hydrogens is 1100 g/mol. The number of aromatic nitrogens is 7. The molecule has 396 valence electrons. The van der Waals surface area contributed by atoms with Crippen molar-refractivity contribution in [3.63, 3.8) is 0 Å². The van der Waals surface area contributed by atoms with Crippen molar-refractivity contribution in [3.05, 3.63) is 100 Å². The Balaban J connectivity index is 1.15. The van der Waals surface area contributed by atoms with Crippen LogP contribution in [0.2, 0.25) is 0 Å². The highest BCUT2D eigenvalue weighted by atomic mass is 32.1. The number of carbonyl (C=O) groups is 6. The van der Waals surface area contributed by atoms with Gasteiger partial charge >= 0.3 is 0 Å². The summed E-state index contributed by atoms with van der Waals surface area (Å²) < 4.78 is 0. The molecule has 7 aromatic heterocycles. The van der Waals surface area contributed by atoms with Crippen LogP contribution < -0.4 is 31.9 Å². The Morgan fingerprint density at radius 2 is 1.13 bits per heavy atom. The molecule has 7 aromatic rings. The summed E-state index contributed by atoms with van der Waals surface area (Å²) >= 11 is 6.97. The van der Waals surface area contributed by atoms with Gasteiger partial charge in [-0.05, 0) is 52.7 Å². The molecule has 8 bridgehead atoms. The van der Waals surface area contributed by atoms with Crippen LogP contribution in [0.1, 0.15) is 118 Å². The number of hydrogen-bond donors (Lipinski definition) is 9. The average molecular weight is 1140 g/mol. The summed E-state index contributed by atoms with van der Waals surface area (Å²) in [6.07, 6.45) is -0.261. The number of aliphatic hydroxyl groups is 3. The zero-order valence-electron chi connectivity index (χ0n) is 41.4. The van der Waals surface area contributed by atoms with E-state index in [1.807, 2.05) is 13.8 Å². The van der Waals surface area contributed by atoms with Gasteiger partial charge in [0.15, 0.2) is 0 Å². The summed E-state index contributed by atoms with van der Waals surface area (Å²) in [5, 5.41) is 59.6. The highest BCUT2D eigenvalue weighted by molar-refractivity contribution is 7.15. The van der Waals surface area contributed by atoms with E-state index in [1.54, 1.807) is 48.2 Å². The van der Waals surface area contributed by atoms with E-state index >= 15 is 0 Å². The highest BCUT2D eigenvalue weighted by Crippen LogP contribution is 2.38. The maximum Gasteiger partial charge on any atom is 0.275 e. The number of amides is 6. The summed E-state index contributed by atoms with van der Waals surface area (Å²) in [5.74, 6) is -4.00. The molecule has 8 heterocycles. The topological polar surface area (TPSA) is 326 Å². The van der Waals surface area contributed by atoms with Crippen molar-refractivity contribution < 1.29 is 44.1 Å². The summed E-state index contributed by atoms with van der Waals surface area (Å²) in [6.45, 7) is 11.4. The first-order valence-corrected chi connectivity index (χ1v) is 28.6. The van der Waals surface area contributed by atoms with Gasteiger partial charge in [-0.1, -0.05) is 26.0 Å². The van der Waals surface area contributed by atoms with Crippen LogP contribution in [0, 0.1) is 5.92 Å². The van der Waals surface area contributed by atoms with Gasteiger partial charge in [-0.3, -0.25) is 28.8 Å². The summed E-state index contributed by atoms with van der Waals surface area (Å²) in [5.41, 5.74) is 2.26. The molecule has 0 aliphatic carbocycles. The molecule has 0 aromatic carbocycles. The molecule has 0 spiro atoms. The second-order valence-corrected chi connectivity index (χ2v) is 22.6. The second kappa shape index (κ2) is 24.0. The number of nitrogens with zero attached hydrogens (tertiary/aromatic N) is 7. The van der Waals surface area contributed by atoms with Crippen LogP contribution in [0.15, 0.2) is 62.3 Å². The number of aliphatic hydroxyl groups excluding tert-OH is 3. The number of fused-ring (bicyclic) bond motifs is 11. The van der Waals surface area contributed by atoms with Crippen LogP contribution in [-0.2, 0) is 9.59 Å². The van der Waals surface area contributed by atoms with E-state index in [0.29, 0.717) is 53.4 Å². The molecule has 6 amide bonds. The predicted molar refractivity (Wildman–Crippen MR) is 290 cm³/mol. The maximum absolute atomic E-state index is 13.9. The van der Waals surface area contributed by atoms with E-state index in [1.165, 1.54) is 77.0 Å². The first kappa shape index (κ1) is 55.3. The Morgan fingerprint density at radius 1 is 0.605 bits per heavy atom. The first-order valence-electron chi connectivity index (χ1n) is 23.3. The molecule has 8 rings (SSSR count). The van der Waals surface area contributed by atoms with Crippen LogP contribution in [0.4, 0.5) is 0 Å². The molecule has 76 heavy (non-hydrogen) atoms. The number of thiazole rings is 6. The Morgan fingerprint density at radius 3 is 1.78 bits per heavy atom. The molecule has 28 heteroatoms. The number of carbonyl (C=O) groups excluding carboxylic acids is 6. The number of nitrogens with one attached hydrogen (secondary N) is 6. The van der Waals surface area contributed by atoms with E-state index in [2.05, 4.69) is 51.8 Å². The summed E-state index contributed by atoms with van der Waals surface area (Å²) in [4.78, 5) is 114. The molecule has 22 nitrogen and oxygen atoms in total. The molecule has 0 saturated heterocycles. The lowest BCUT2D eigenvalue weighted by atomic mass is 10.1. The van der Waals surface area contributed by atoms with Gasteiger partial charge in [-0.15, -0.1) is 68.0 Å². The quantitative estimate of drug-likeness (QED) is 0.0756. The summed E-state index contributed by atoms with van der Waals surface area (Å²) in [6, 6.07) is 0.366. The SMILES string of the molecule is C/C=C1\NC(=O)[C@H]([C@@H](C)O)NC(=O)c2csc(n2)-c2ccc(-c3nc(-c4nc(C(=O)N/C(=C/C)C(=O)NC[C@@H](C)O)cs4)cs3)nc2-c2csc(n2)[C@H]([C@@H](C)O)NC(=O)c2csc(n2)[C@H](C(C)C)NC(=O)c2csc1n2. The fraction of sp³-hybridized carbons (Fsp3) is 0.312. The normalized spacial score (nSPS) is 18.5. The Labute approximate surface area is 458 Å². The van der Waals surface area contributed by atoms with Gasteiger partial charge in [0.1, 0.15) is 87.7 Å². The molecule has 1 aliphatic rings. The zero-order valence-corrected chi connectivity index (χ0v) is 46.3. The van der Waals surface area contributed by atoms with E-state index < -0.39 is 71.9 Å². The fourth-order valence-electron chi connectivity index (χ4n) is 7.20. The fourth-order valence-corrected chi connectivity index (χ4v) is 12.4. The van der Waals surface area contributed by atoms with E-state index in [-0.39, 0.29) is 51.6 Å².